The molecule has 0 amide bonds. The minimum atomic E-state index is -0.512. The van der Waals surface area contributed by atoms with Crippen molar-refractivity contribution in [3.63, 3.8) is 0 Å². The number of esters is 2. The first-order valence-corrected chi connectivity index (χ1v) is 23.5. The molecule has 6 nitrogen and oxygen atoms in total. The zero-order valence-corrected chi connectivity index (χ0v) is 37.4. The first-order chi connectivity index (χ1) is 30.5. The summed E-state index contributed by atoms with van der Waals surface area (Å²) in [5.74, 6) is -0.478. The Labute approximate surface area is 371 Å². The quantitative estimate of drug-likeness (QED) is 0.0218. The molecule has 0 radical (unpaired) electrons. The van der Waals surface area contributed by atoms with E-state index in [1.54, 1.807) is 54.9 Å². The van der Waals surface area contributed by atoms with Gasteiger partial charge in [0.1, 0.15) is 11.5 Å². The summed E-state index contributed by atoms with van der Waals surface area (Å²) < 4.78 is 11.2. The van der Waals surface area contributed by atoms with Crippen LogP contribution in [-0.4, -0.2) is 24.4 Å². The summed E-state index contributed by atoms with van der Waals surface area (Å²) in [7, 11) is 0. The number of carbonyl (C=O) groups excluding carboxylic acids is 2. The second-order valence-corrected chi connectivity index (χ2v) is 16.5. The monoisotopic (exact) mass is 833 g/mol. The lowest BCUT2D eigenvalue weighted by molar-refractivity contribution is 0.0732. The molecule has 5 aromatic carbocycles. The van der Waals surface area contributed by atoms with E-state index in [-0.39, 0.29) is 11.5 Å². The molecule has 62 heavy (non-hydrogen) atoms. The number of rotatable bonds is 28. The highest BCUT2D eigenvalue weighted by Gasteiger charge is 2.12. The smallest absolute Gasteiger partial charge is 0.343 e. The van der Waals surface area contributed by atoms with E-state index < -0.39 is 11.9 Å². The summed E-state index contributed by atoms with van der Waals surface area (Å²) in [6.45, 7) is 4.53. The lowest BCUT2D eigenvalue weighted by Crippen LogP contribution is -2.10. The molecule has 0 saturated carbocycles. The number of unbranched alkanes of at least 4 members (excludes halogenated alkanes) is 16. The van der Waals surface area contributed by atoms with Gasteiger partial charge in [0.05, 0.1) is 22.5 Å². The van der Waals surface area contributed by atoms with Gasteiger partial charge in [0.2, 0.25) is 0 Å². The Morgan fingerprint density at radius 3 is 1.11 bits per heavy atom. The molecular formula is C56H68N2O4. The van der Waals surface area contributed by atoms with Gasteiger partial charge in [-0.15, -0.1) is 0 Å². The first kappa shape index (κ1) is 47.4. The van der Waals surface area contributed by atoms with Gasteiger partial charge in [-0.1, -0.05) is 171 Å². The highest BCUT2D eigenvalue weighted by Crippen LogP contribution is 2.23. The Morgan fingerprint density at radius 1 is 0.419 bits per heavy atom. The molecule has 0 saturated heterocycles. The molecule has 6 heteroatoms. The molecule has 0 aliphatic rings. The van der Waals surface area contributed by atoms with Crippen molar-refractivity contribution in [2.24, 2.45) is 9.98 Å². The minimum Gasteiger partial charge on any atom is -0.423 e. The molecular weight excluding hydrogens is 765 g/mol. The van der Waals surface area contributed by atoms with Crippen LogP contribution in [0.15, 0.2) is 131 Å². The number of benzene rings is 5. The topological polar surface area (TPSA) is 77.3 Å². The summed E-state index contributed by atoms with van der Waals surface area (Å²) in [5, 5.41) is 0. The fraction of sp³-hybridized carbons (Fsp3) is 0.393. The van der Waals surface area contributed by atoms with Crippen molar-refractivity contribution in [2.75, 3.05) is 0 Å². The van der Waals surface area contributed by atoms with Gasteiger partial charge in [-0.2, -0.15) is 0 Å². The van der Waals surface area contributed by atoms with Gasteiger partial charge in [0.15, 0.2) is 0 Å². The molecule has 0 unspecified atom stereocenters. The van der Waals surface area contributed by atoms with Crippen molar-refractivity contribution in [3.05, 3.63) is 155 Å². The van der Waals surface area contributed by atoms with E-state index >= 15 is 0 Å². The third kappa shape index (κ3) is 18.2. The first-order valence-electron chi connectivity index (χ1n) is 23.5. The van der Waals surface area contributed by atoms with Gasteiger partial charge >= 0.3 is 11.9 Å². The molecule has 0 fully saturated rings. The van der Waals surface area contributed by atoms with Crippen LogP contribution in [0, 0.1) is 0 Å². The number of hydrogen-bond acceptors (Lipinski definition) is 6. The van der Waals surface area contributed by atoms with Crippen LogP contribution in [0.25, 0.3) is 0 Å². The zero-order valence-electron chi connectivity index (χ0n) is 37.4. The molecule has 5 rings (SSSR count). The Hall–Kier alpha value is -5.62. The van der Waals surface area contributed by atoms with Crippen LogP contribution >= 0.6 is 0 Å². The van der Waals surface area contributed by atoms with Crippen molar-refractivity contribution in [1.29, 1.82) is 0 Å². The molecule has 0 bridgehead atoms. The summed E-state index contributed by atoms with van der Waals surface area (Å²) in [6, 6.07) is 37.6. The highest BCUT2D eigenvalue weighted by molar-refractivity contribution is 5.93. The predicted octanol–water partition coefficient (Wildman–Crippen LogP) is 15.8. The molecule has 0 atom stereocenters. The van der Waals surface area contributed by atoms with Crippen LogP contribution in [-0.2, 0) is 12.8 Å². The molecule has 0 aliphatic heterocycles. The van der Waals surface area contributed by atoms with Crippen LogP contribution < -0.4 is 9.47 Å². The van der Waals surface area contributed by atoms with Crippen molar-refractivity contribution in [2.45, 2.75) is 142 Å². The SMILES string of the molecule is CCCCCCCCCCCc1ccc(N=Cc2ccc(C(=O)Oc3cccc(OC(=O)c4ccc(C=Nc5ccc(CCCCCCCCCCC)cc5)cc4)c3)cc2)cc1. The molecule has 326 valence electrons. The highest BCUT2D eigenvalue weighted by atomic mass is 16.5. The lowest BCUT2D eigenvalue weighted by Gasteiger charge is -2.08. The number of carbonyl (C=O) groups is 2. The number of nitrogens with zero attached hydrogens (tertiary/aromatic N) is 2. The number of aliphatic imine (C=N–C) groups is 2. The molecule has 0 aromatic heterocycles. The Bertz CT molecular complexity index is 1940. The van der Waals surface area contributed by atoms with Crippen molar-refractivity contribution in [3.8, 4) is 11.5 Å². The van der Waals surface area contributed by atoms with Crippen molar-refractivity contribution >= 4 is 35.7 Å². The zero-order chi connectivity index (χ0) is 43.5. The fourth-order valence-electron chi connectivity index (χ4n) is 7.42. The Balaban J connectivity index is 1.00. The molecule has 0 N–H and O–H groups in total. The van der Waals surface area contributed by atoms with E-state index in [1.165, 1.54) is 133 Å². The summed E-state index contributed by atoms with van der Waals surface area (Å²) in [5.41, 5.74) is 7.02. The van der Waals surface area contributed by atoms with Crippen LogP contribution in [0.1, 0.15) is 172 Å². The van der Waals surface area contributed by atoms with Gasteiger partial charge in [-0.25, -0.2) is 9.59 Å². The third-order valence-electron chi connectivity index (χ3n) is 11.3. The lowest BCUT2D eigenvalue weighted by atomic mass is 10.0. The molecule has 0 heterocycles. The minimum absolute atomic E-state index is 0.273. The van der Waals surface area contributed by atoms with Crippen LogP contribution in [0.5, 0.6) is 11.5 Å². The number of ether oxygens (including phenoxy) is 2. The maximum absolute atomic E-state index is 13.0. The number of aryl methyl sites for hydroxylation is 2. The van der Waals surface area contributed by atoms with E-state index in [2.05, 4.69) is 72.4 Å². The largest absolute Gasteiger partial charge is 0.423 e. The maximum Gasteiger partial charge on any atom is 0.343 e. The van der Waals surface area contributed by atoms with E-state index in [0.29, 0.717) is 11.1 Å². The van der Waals surface area contributed by atoms with E-state index in [9.17, 15) is 9.59 Å². The van der Waals surface area contributed by atoms with Gasteiger partial charge in [-0.3, -0.25) is 9.98 Å². The second-order valence-electron chi connectivity index (χ2n) is 16.5. The molecule has 0 spiro atoms. The second kappa shape index (κ2) is 28.1. The fourth-order valence-corrected chi connectivity index (χ4v) is 7.42. The average molecular weight is 833 g/mol. The Kier molecular flexibility index (Phi) is 21.5. The van der Waals surface area contributed by atoms with E-state index in [1.807, 2.05) is 24.3 Å². The van der Waals surface area contributed by atoms with Gasteiger partial charge in [0.25, 0.3) is 0 Å². The van der Waals surface area contributed by atoms with Crippen molar-refractivity contribution in [1.82, 2.24) is 0 Å². The Morgan fingerprint density at radius 2 is 0.758 bits per heavy atom. The summed E-state index contributed by atoms with van der Waals surface area (Å²) in [4.78, 5) is 35.2. The van der Waals surface area contributed by atoms with E-state index in [4.69, 9.17) is 9.47 Å². The summed E-state index contributed by atoms with van der Waals surface area (Å²) >= 11 is 0. The van der Waals surface area contributed by atoms with Gasteiger partial charge in [-0.05, 0) is 109 Å². The third-order valence-corrected chi connectivity index (χ3v) is 11.3. The average Bonchev–Trinajstić information content (AvgIpc) is 3.30. The van der Waals surface area contributed by atoms with E-state index in [0.717, 1.165) is 35.3 Å². The molecule has 0 aliphatic carbocycles. The number of hydrogen-bond donors (Lipinski definition) is 0. The van der Waals surface area contributed by atoms with Crippen LogP contribution in [0.2, 0.25) is 0 Å². The van der Waals surface area contributed by atoms with Gasteiger partial charge < -0.3 is 9.47 Å². The summed E-state index contributed by atoms with van der Waals surface area (Å²) in [6.07, 6.45) is 29.9. The molecule has 5 aromatic rings. The van der Waals surface area contributed by atoms with Crippen LogP contribution in [0.4, 0.5) is 11.4 Å². The van der Waals surface area contributed by atoms with Crippen molar-refractivity contribution < 1.29 is 19.1 Å². The standard InChI is InChI=1S/C56H68N2O4/c1-3-5-7-9-11-13-15-17-19-22-45-30-38-51(39-31-45)57-43-47-26-34-49(35-27-47)55(59)61-53-24-21-25-54(42-53)62-56(60)50-36-28-48(29-37-50)44-58-52-40-32-46(33-41-52)23-20-18-16-14-12-10-8-6-4-2/h21,24-44H,3-20,22-23H2,1-2H3. The normalized spacial score (nSPS) is 11.4. The van der Waals surface area contributed by atoms with Gasteiger partial charge in [0, 0.05) is 18.5 Å². The predicted molar refractivity (Wildman–Crippen MR) is 258 cm³/mol. The van der Waals surface area contributed by atoms with Crippen LogP contribution in [0.3, 0.4) is 0 Å². The maximum atomic E-state index is 13.0.